The second-order valence-electron chi connectivity index (χ2n) is 2.02. The zero-order valence-corrected chi connectivity index (χ0v) is 7.99. The molecule has 68 valence electrons. The number of hydrogen-bond acceptors (Lipinski definition) is 2. The van der Waals surface area contributed by atoms with Crippen LogP contribution in [0.2, 0.25) is 0 Å². The maximum atomic E-state index is 6.97. The first-order chi connectivity index (χ1) is 4.79. The molecule has 0 saturated heterocycles. The fraction of sp³-hybridized carbons (Fsp3) is 0.143. The number of nitrogens with zero attached hydrogens (tertiary/aromatic N) is 1. The molecule has 0 saturated carbocycles. The van der Waals surface area contributed by atoms with Crippen LogP contribution in [0.25, 0.3) is 0 Å². The summed E-state index contributed by atoms with van der Waals surface area (Å²) < 4.78 is 0. The number of nitrogens with one attached hydrogen (secondary N) is 1. The van der Waals surface area contributed by atoms with Crippen molar-refractivity contribution in [1.82, 2.24) is 4.98 Å². The Bertz CT molecular complexity index is 225. The summed E-state index contributed by atoms with van der Waals surface area (Å²) in [5, 5.41) is 6.97. The predicted molar refractivity (Wildman–Crippen MR) is 54.4 cm³/mol. The molecule has 12 heavy (non-hydrogen) atoms. The van der Waals surface area contributed by atoms with Gasteiger partial charge >= 0.3 is 0 Å². The molecule has 0 spiro atoms. The summed E-state index contributed by atoms with van der Waals surface area (Å²) in [5.41, 5.74) is 6.01. The minimum Gasteiger partial charge on any atom is -0.387 e. The first kappa shape index (κ1) is 13.8. The van der Waals surface area contributed by atoms with Crippen molar-refractivity contribution in [2.45, 2.75) is 6.42 Å². The zero-order valence-electron chi connectivity index (χ0n) is 6.36. The molecular formula is C7H11Cl2N3. The van der Waals surface area contributed by atoms with Crippen LogP contribution in [0.1, 0.15) is 5.69 Å². The third-order valence-electron chi connectivity index (χ3n) is 1.10. The maximum absolute atomic E-state index is 6.97. The number of aromatic nitrogens is 1. The van der Waals surface area contributed by atoms with Crippen molar-refractivity contribution in [3.05, 3.63) is 30.1 Å². The summed E-state index contributed by atoms with van der Waals surface area (Å²) in [4.78, 5) is 4.00. The lowest BCUT2D eigenvalue weighted by Crippen LogP contribution is -2.13. The van der Waals surface area contributed by atoms with Crippen LogP contribution < -0.4 is 5.73 Å². The number of nitrogens with two attached hydrogens (primary N) is 1. The largest absolute Gasteiger partial charge is 0.387 e. The first-order valence-corrected chi connectivity index (χ1v) is 3.02. The Hall–Kier alpha value is -0.800. The van der Waals surface area contributed by atoms with E-state index < -0.39 is 0 Å². The third-order valence-corrected chi connectivity index (χ3v) is 1.10. The van der Waals surface area contributed by atoms with E-state index >= 15 is 0 Å². The van der Waals surface area contributed by atoms with Crippen LogP contribution in [0.4, 0.5) is 0 Å². The molecule has 0 amide bonds. The summed E-state index contributed by atoms with van der Waals surface area (Å²) in [7, 11) is 0. The van der Waals surface area contributed by atoms with Crippen LogP contribution in [-0.4, -0.2) is 10.8 Å². The molecule has 3 N–H and O–H groups in total. The molecule has 0 radical (unpaired) electrons. The highest BCUT2D eigenvalue weighted by Crippen LogP contribution is 1.92. The standard InChI is InChI=1S/C7H9N3.2ClH/c8-7(9)5-6-3-1-2-4-10-6;;/h1-4H,5H2,(H3,8,9);2*1H. The summed E-state index contributed by atoms with van der Waals surface area (Å²) >= 11 is 0. The van der Waals surface area contributed by atoms with Gasteiger partial charge in [-0.3, -0.25) is 10.4 Å². The molecular weight excluding hydrogens is 197 g/mol. The average Bonchev–Trinajstić information content (AvgIpc) is 1.88. The molecule has 1 aromatic rings. The monoisotopic (exact) mass is 207 g/mol. The second kappa shape index (κ2) is 6.88. The van der Waals surface area contributed by atoms with E-state index in [0.29, 0.717) is 6.42 Å². The van der Waals surface area contributed by atoms with Crippen molar-refractivity contribution in [3.63, 3.8) is 0 Å². The molecule has 1 aromatic heterocycles. The second-order valence-corrected chi connectivity index (χ2v) is 2.02. The van der Waals surface area contributed by atoms with Crippen LogP contribution in [0.5, 0.6) is 0 Å². The van der Waals surface area contributed by atoms with E-state index in [-0.39, 0.29) is 30.6 Å². The van der Waals surface area contributed by atoms with Crippen LogP contribution >= 0.6 is 24.8 Å². The Morgan fingerprint density at radius 1 is 1.42 bits per heavy atom. The Kier molecular flexibility index (Phi) is 7.90. The van der Waals surface area contributed by atoms with Crippen molar-refractivity contribution < 1.29 is 0 Å². The van der Waals surface area contributed by atoms with E-state index in [9.17, 15) is 0 Å². The van der Waals surface area contributed by atoms with Crippen molar-refractivity contribution >= 4 is 30.6 Å². The minimum atomic E-state index is 0. The number of halogens is 2. The Morgan fingerprint density at radius 2 is 2.08 bits per heavy atom. The van der Waals surface area contributed by atoms with E-state index in [1.807, 2.05) is 18.2 Å². The minimum absolute atomic E-state index is 0. The summed E-state index contributed by atoms with van der Waals surface area (Å²) in [6.45, 7) is 0. The number of hydrogen-bond donors (Lipinski definition) is 2. The molecule has 0 aliphatic rings. The van der Waals surface area contributed by atoms with E-state index in [0.717, 1.165) is 5.69 Å². The molecule has 0 aliphatic heterocycles. The number of pyridine rings is 1. The van der Waals surface area contributed by atoms with Gasteiger partial charge in [-0.25, -0.2) is 0 Å². The molecule has 0 aliphatic carbocycles. The van der Waals surface area contributed by atoms with Crippen LogP contribution in [-0.2, 0) is 6.42 Å². The molecule has 0 bridgehead atoms. The van der Waals surface area contributed by atoms with E-state index in [1.165, 1.54) is 0 Å². The van der Waals surface area contributed by atoms with E-state index in [1.54, 1.807) is 6.20 Å². The van der Waals surface area contributed by atoms with Crippen molar-refractivity contribution in [1.29, 1.82) is 5.41 Å². The molecule has 3 nitrogen and oxygen atoms in total. The topological polar surface area (TPSA) is 62.8 Å². The first-order valence-electron chi connectivity index (χ1n) is 3.02. The average molecular weight is 208 g/mol. The van der Waals surface area contributed by atoms with Crippen LogP contribution in [0.15, 0.2) is 24.4 Å². The lowest BCUT2D eigenvalue weighted by Gasteiger charge is -1.94. The van der Waals surface area contributed by atoms with Gasteiger partial charge in [-0.1, -0.05) is 6.07 Å². The molecule has 0 fully saturated rings. The molecule has 0 aromatic carbocycles. The van der Waals surface area contributed by atoms with Crippen LogP contribution in [0.3, 0.4) is 0 Å². The zero-order chi connectivity index (χ0) is 7.40. The Labute approximate surface area is 83.7 Å². The van der Waals surface area contributed by atoms with Gasteiger partial charge in [0.2, 0.25) is 0 Å². The van der Waals surface area contributed by atoms with Crippen molar-refractivity contribution in [2.24, 2.45) is 5.73 Å². The summed E-state index contributed by atoms with van der Waals surface area (Å²) in [6.07, 6.45) is 2.14. The van der Waals surface area contributed by atoms with Gasteiger partial charge in [0.15, 0.2) is 0 Å². The van der Waals surface area contributed by atoms with Crippen molar-refractivity contribution in [2.75, 3.05) is 0 Å². The molecule has 0 unspecified atom stereocenters. The van der Waals surface area contributed by atoms with E-state index in [2.05, 4.69) is 4.98 Å². The van der Waals surface area contributed by atoms with Gasteiger partial charge in [-0.2, -0.15) is 0 Å². The summed E-state index contributed by atoms with van der Waals surface area (Å²) in [5.74, 6) is 0.152. The van der Waals surface area contributed by atoms with Gasteiger partial charge in [0.1, 0.15) is 0 Å². The summed E-state index contributed by atoms with van der Waals surface area (Å²) in [6, 6.07) is 5.57. The maximum Gasteiger partial charge on any atom is 0.0966 e. The highest BCUT2D eigenvalue weighted by atomic mass is 35.5. The van der Waals surface area contributed by atoms with E-state index in [4.69, 9.17) is 11.1 Å². The Balaban J connectivity index is 0. The number of rotatable bonds is 2. The van der Waals surface area contributed by atoms with Gasteiger partial charge < -0.3 is 5.73 Å². The molecule has 0 atom stereocenters. The fourth-order valence-corrected chi connectivity index (χ4v) is 0.698. The van der Waals surface area contributed by atoms with Gasteiger partial charge in [0.25, 0.3) is 0 Å². The molecule has 1 rings (SSSR count). The predicted octanol–water partition coefficient (Wildman–Crippen LogP) is 1.40. The highest BCUT2D eigenvalue weighted by Gasteiger charge is 1.92. The number of amidine groups is 1. The third kappa shape index (κ3) is 4.93. The van der Waals surface area contributed by atoms with Gasteiger partial charge in [-0.05, 0) is 12.1 Å². The Morgan fingerprint density at radius 3 is 2.50 bits per heavy atom. The van der Waals surface area contributed by atoms with Gasteiger partial charge in [-0.15, -0.1) is 24.8 Å². The van der Waals surface area contributed by atoms with Gasteiger partial charge in [0, 0.05) is 18.3 Å². The van der Waals surface area contributed by atoms with Gasteiger partial charge in [0.05, 0.1) is 5.84 Å². The van der Waals surface area contributed by atoms with Crippen LogP contribution in [0, 0.1) is 5.41 Å². The fourth-order valence-electron chi connectivity index (χ4n) is 0.698. The quantitative estimate of drug-likeness (QED) is 0.570. The smallest absolute Gasteiger partial charge is 0.0966 e. The SMILES string of the molecule is Cl.Cl.N=C(N)Cc1ccccn1. The lowest BCUT2D eigenvalue weighted by atomic mass is 10.2. The van der Waals surface area contributed by atoms with Crippen molar-refractivity contribution in [3.8, 4) is 0 Å². The molecule has 1 heterocycles. The molecule has 5 heteroatoms. The highest BCUT2D eigenvalue weighted by molar-refractivity contribution is 5.85. The lowest BCUT2D eigenvalue weighted by molar-refractivity contribution is 1.12. The normalized spacial score (nSPS) is 7.67.